The van der Waals surface area contributed by atoms with Crippen LogP contribution < -0.4 is 10.6 Å². The van der Waals surface area contributed by atoms with Crippen LogP contribution >= 0.6 is 11.3 Å². The molecule has 2 aromatic rings. The summed E-state index contributed by atoms with van der Waals surface area (Å²) in [5.41, 5.74) is 3.69. The number of carbonyl (C=O) groups is 1. The molecule has 0 unspecified atom stereocenters. The molecule has 0 aliphatic carbocycles. The van der Waals surface area contributed by atoms with Crippen molar-refractivity contribution in [1.29, 1.82) is 0 Å². The minimum atomic E-state index is -0.241. The van der Waals surface area contributed by atoms with E-state index in [1.165, 1.54) is 11.3 Å². The first-order chi connectivity index (χ1) is 8.70. The van der Waals surface area contributed by atoms with Crippen LogP contribution in [0.4, 0.5) is 10.8 Å². The van der Waals surface area contributed by atoms with Gasteiger partial charge in [0.2, 0.25) is 5.13 Å². The molecule has 0 fully saturated rings. The fraction of sp³-hybridized carbons (Fsp3) is 0.273. The molecule has 0 aromatic carbocycles. The maximum Gasteiger partial charge on any atom is 0.261 e. The lowest BCUT2D eigenvalue weighted by atomic mass is 10.2. The molecule has 0 aliphatic rings. The fourth-order valence-electron chi connectivity index (χ4n) is 1.47. The Balaban J connectivity index is 2.23. The molecule has 2 heterocycles. The zero-order chi connectivity index (χ0) is 13.0. The molecular weight excluding hydrogens is 250 g/mol. The number of pyridine rings is 1. The van der Waals surface area contributed by atoms with Crippen LogP contribution in [0.2, 0.25) is 0 Å². The smallest absolute Gasteiger partial charge is 0.261 e. The highest BCUT2D eigenvalue weighted by Crippen LogP contribution is 2.18. The number of aromatic nitrogens is 3. The van der Waals surface area contributed by atoms with Crippen molar-refractivity contribution in [3.8, 4) is 0 Å². The molecule has 0 atom stereocenters. The summed E-state index contributed by atoms with van der Waals surface area (Å²) in [6.45, 7) is 4.60. The van der Waals surface area contributed by atoms with E-state index in [0.717, 1.165) is 17.9 Å². The van der Waals surface area contributed by atoms with Crippen molar-refractivity contribution in [3.63, 3.8) is 0 Å². The summed E-state index contributed by atoms with van der Waals surface area (Å²) in [5.74, 6) is -0.241. The summed E-state index contributed by atoms with van der Waals surface area (Å²) < 4.78 is 0. The zero-order valence-electron chi connectivity index (χ0n) is 10.1. The standard InChI is InChI=1S/C11H13N5OS/c1-3-12-9-4-7(2)13-5-8(9)10(17)15-11-16-14-6-18-11/h4-6H,3H2,1-2H3,(H,12,13)(H,15,16,17). The number of anilines is 2. The molecule has 0 saturated carbocycles. The van der Waals surface area contributed by atoms with Crippen molar-refractivity contribution in [2.24, 2.45) is 0 Å². The molecule has 7 heteroatoms. The summed E-state index contributed by atoms with van der Waals surface area (Å²) in [6.07, 6.45) is 1.56. The Kier molecular flexibility index (Phi) is 3.83. The van der Waals surface area contributed by atoms with E-state index in [1.807, 2.05) is 19.9 Å². The number of nitrogens with one attached hydrogen (secondary N) is 2. The van der Waals surface area contributed by atoms with Crippen LogP contribution in [-0.4, -0.2) is 27.6 Å². The third-order valence-electron chi connectivity index (χ3n) is 2.23. The predicted octanol–water partition coefficient (Wildman–Crippen LogP) is 1.93. The van der Waals surface area contributed by atoms with Crippen molar-refractivity contribution in [2.45, 2.75) is 13.8 Å². The van der Waals surface area contributed by atoms with Gasteiger partial charge in [0.1, 0.15) is 5.51 Å². The van der Waals surface area contributed by atoms with Gasteiger partial charge in [0.05, 0.1) is 11.3 Å². The lowest BCUT2D eigenvalue weighted by Gasteiger charge is -2.10. The number of hydrogen-bond acceptors (Lipinski definition) is 6. The maximum absolute atomic E-state index is 12.1. The van der Waals surface area contributed by atoms with Crippen molar-refractivity contribution in [2.75, 3.05) is 17.2 Å². The summed E-state index contributed by atoms with van der Waals surface area (Å²) in [5, 5.41) is 13.7. The molecule has 0 bridgehead atoms. The van der Waals surface area contributed by atoms with Crippen LogP contribution in [0.15, 0.2) is 17.8 Å². The fourth-order valence-corrected chi connectivity index (χ4v) is 1.91. The van der Waals surface area contributed by atoms with E-state index < -0.39 is 0 Å². The van der Waals surface area contributed by atoms with E-state index in [0.29, 0.717) is 10.7 Å². The van der Waals surface area contributed by atoms with Crippen LogP contribution in [0.25, 0.3) is 0 Å². The van der Waals surface area contributed by atoms with E-state index >= 15 is 0 Å². The Morgan fingerprint density at radius 3 is 3.00 bits per heavy atom. The van der Waals surface area contributed by atoms with Crippen LogP contribution in [0.5, 0.6) is 0 Å². The summed E-state index contributed by atoms with van der Waals surface area (Å²) >= 11 is 1.27. The molecule has 2 rings (SSSR count). The molecule has 1 amide bonds. The van der Waals surface area contributed by atoms with Crippen molar-refractivity contribution in [1.82, 2.24) is 15.2 Å². The molecule has 0 saturated heterocycles. The largest absolute Gasteiger partial charge is 0.385 e. The predicted molar refractivity (Wildman–Crippen MR) is 71.0 cm³/mol. The van der Waals surface area contributed by atoms with E-state index in [-0.39, 0.29) is 5.91 Å². The van der Waals surface area contributed by atoms with Gasteiger partial charge in [-0.25, -0.2) is 0 Å². The SMILES string of the molecule is CCNc1cc(C)ncc1C(=O)Nc1nncs1. The molecule has 0 aliphatic heterocycles. The molecule has 0 radical (unpaired) electrons. The number of nitrogens with zero attached hydrogens (tertiary/aromatic N) is 3. The second-order valence-electron chi connectivity index (χ2n) is 3.60. The van der Waals surface area contributed by atoms with Gasteiger partial charge < -0.3 is 5.32 Å². The minimum Gasteiger partial charge on any atom is -0.385 e. The Hall–Kier alpha value is -2.02. The highest BCUT2D eigenvalue weighted by molar-refractivity contribution is 7.13. The summed E-state index contributed by atoms with van der Waals surface area (Å²) in [4.78, 5) is 16.2. The van der Waals surface area contributed by atoms with Crippen LogP contribution in [0, 0.1) is 6.92 Å². The molecule has 18 heavy (non-hydrogen) atoms. The maximum atomic E-state index is 12.1. The molecule has 2 aromatic heterocycles. The van der Waals surface area contributed by atoms with Gasteiger partial charge in [-0.05, 0) is 19.9 Å². The van der Waals surface area contributed by atoms with Gasteiger partial charge in [-0.2, -0.15) is 0 Å². The van der Waals surface area contributed by atoms with Crippen molar-refractivity contribution in [3.05, 3.63) is 29.0 Å². The average molecular weight is 263 g/mol. The number of rotatable bonds is 4. The number of carbonyl (C=O) groups excluding carboxylic acids is 1. The summed E-state index contributed by atoms with van der Waals surface area (Å²) in [7, 11) is 0. The van der Waals surface area contributed by atoms with Crippen LogP contribution in [0.1, 0.15) is 23.0 Å². The first-order valence-electron chi connectivity index (χ1n) is 5.48. The van der Waals surface area contributed by atoms with Gasteiger partial charge in [-0.1, -0.05) is 11.3 Å². The van der Waals surface area contributed by atoms with Crippen LogP contribution in [-0.2, 0) is 0 Å². The Morgan fingerprint density at radius 2 is 2.33 bits per heavy atom. The molecule has 2 N–H and O–H groups in total. The Bertz CT molecular complexity index is 540. The number of hydrogen-bond donors (Lipinski definition) is 2. The molecular formula is C11H13N5OS. The lowest BCUT2D eigenvalue weighted by Crippen LogP contribution is -2.15. The van der Waals surface area contributed by atoms with Gasteiger partial charge >= 0.3 is 0 Å². The number of amides is 1. The monoisotopic (exact) mass is 263 g/mol. The van der Waals surface area contributed by atoms with E-state index in [2.05, 4.69) is 25.8 Å². The van der Waals surface area contributed by atoms with E-state index in [4.69, 9.17) is 0 Å². The van der Waals surface area contributed by atoms with Gasteiger partial charge in [0, 0.05) is 18.4 Å². The second-order valence-corrected chi connectivity index (χ2v) is 4.43. The first kappa shape index (κ1) is 12.4. The van der Waals surface area contributed by atoms with Crippen molar-refractivity contribution < 1.29 is 4.79 Å². The zero-order valence-corrected chi connectivity index (χ0v) is 10.9. The lowest BCUT2D eigenvalue weighted by molar-refractivity contribution is 0.102. The number of aryl methyl sites for hydroxylation is 1. The van der Waals surface area contributed by atoms with Gasteiger partial charge in [-0.3, -0.25) is 15.1 Å². The minimum absolute atomic E-state index is 0.241. The quantitative estimate of drug-likeness (QED) is 0.881. The second kappa shape index (κ2) is 5.54. The van der Waals surface area contributed by atoms with Crippen molar-refractivity contribution >= 4 is 28.1 Å². The highest BCUT2D eigenvalue weighted by atomic mass is 32.1. The normalized spacial score (nSPS) is 10.1. The van der Waals surface area contributed by atoms with Gasteiger partial charge in [0.25, 0.3) is 5.91 Å². The molecule has 0 spiro atoms. The highest BCUT2D eigenvalue weighted by Gasteiger charge is 2.13. The van der Waals surface area contributed by atoms with Gasteiger partial charge in [-0.15, -0.1) is 10.2 Å². The summed E-state index contributed by atoms with van der Waals surface area (Å²) in [6, 6.07) is 1.85. The molecule has 94 valence electrons. The van der Waals surface area contributed by atoms with E-state index in [9.17, 15) is 4.79 Å². The first-order valence-corrected chi connectivity index (χ1v) is 6.36. The van der Waals surface area contributed by atoms with Crippen LogP contribution in [0.3, 0.4) is 0 Å². The Labute approximate surface area is 108 Å². The third-order valence-corrected chi connectivity index (χ3v) is 2.84. The van der Waals surface area contributed by atoms with E-state index in [1.54, 1.807) is 11.7 Å². The topological polar surface area (TPSA) is 79.8 Å². The van der Waals surface area contributed by atoms with Gasteiger partial charge in [0.15, 0.2) is 0 Å². The average Bonchev–Trinajstić information content (AvgIpc) is 2.82. The Morgan fingerprint density at radius 1 is 1.50 bits per heavy atom. The molecule has 6 nitrogen and oxygen atoms in total. The third kappa shape index (κ3) is 2.80.